The molecule has 0 saturated heterocycles. The summed E-state index contributed by atoms with van der Waals surface area (Å²) in [6.45, 7) is -1.05. The first-order chi connectivity index (χ1) is 9.52. The maximum atomic E-state index is 12.1. The monoisotopic (exact) mass is 282 g/mol. The lowest BCUT2D eigenvalue weighted by atomic mass is 10.2. The third-order valence-corrected chi connectivity index (χ3v) is 2.64. The van der Waals surface area contributed by atoms with Crippen LogP contribution in [0.2, 0.25) is 0 Å². The Morgan fingerprint density at radius 2 is 2.05 bits per heavy atom. The molecule has 0 atom stereocenters. The number of ether oxygens (including phenoxy) is 1. The minimum absolute atomic E-state index is 0.0389. The third-order valence-electron chi connectivity index (χ3n) is 2.64. The lowest BCUT2D eigenvalue weighted by Gasteiger charge is -2.07. The van der Waals surface area contributed by atoms with E-state index in [-0.39, 0.29) is 11.4 Å². The van der Waals surface area contributed by atoms with Gasteiger partial charge in [-0.25, -0.2) is 4.68 Å². The molecule has 1 aromatic carbocycles. The molecule has 0 fully saturated rings. The van der Waals surface area contributed by atoms with Gasteiger partial charge in [0, 0.05) is 0 Å². The summed E-state index contributed by atoms with van der Waals surface area (Å²) in [5, 5.41) is 7.57. The van der Waals surface area contributed by atoms with E-state index in [1.807, 2.05) is 6.92 Å². The Morgan fingerprint density at radius 1 is 1.40 bits per heavy atom. The molecule has 0 bridgehead atoms. The molecule has 0 aliphatic carbocycles. The summed E-state index contributed by atoms with van der Waals surface area (Å²) in [7, 11) is 0. The average molecular weight is 282 g/mol. The highest BCUT2D eigenvalue weighted by molar-refractivity contribution is 5.91. The summed E-state index contributed by atoms with van der Waals surface area (Å²) in [4.78, 5) is 11.2. The van der Waals surface area contributed by atoms with Crippen molar-refractivity contribution in [3.63, 3.8) is 0 Å². The second kappa shape index (κ2) is 5.64. The number of halogens is 2. The van der Waals surface area contributed by atoms with Crippen LogP contribution in [0.15, 0.2) is 24.3 Å². The van der Waals surface area contributed by atoms with E-state index in [4.69, 9.17) is 5.73 Å². The number of primary amides is 1. The fraction of sp³-hybridized carbons (Fsp3) is 0.250. The molecule has 1 amide bonds. The fourth-order valence-corrected chi connectivity index (χ4v) is 1.79. The summed E-state index contributed by atoms with van der Waals surface area (Å²) in [6.07, 6.45) is 0.501. The average Bonchev–Trinajstić information content (AvgIpc) is 2.82. The van der Waals surface area contributed by atoms with Crippen LogP contribution in [0.1, 0.15) is 23.1 Å². The zero-order valence-corrected chi connectivity index (χ0v) is 10.6. The van der Waals surface area contributed by atoms with E-state index in [1.165, 1.54) is 28.9 Å². The van der Waals surface area contributed by atoms with E-state index in [0.29, 0.717) is 17.8 Å². The van der Waals surface area contributed by atoms with Crippen LogP contribution < -0.4 is 10.5 Å². The Bertz CT molecular complexity index is 610. The van der Waals surface area contributed by atoms with E-state index in [0.717, 1.165) is 0 Å². The van der Waals surface area contributed by atoms with Crippen LogP contribution in [-0.4, -0.2) is 27.5 Å². The Kier molecular flexibility index (Phi) is 3.92. The van der Waals surface area contributed by atoms with Crippen LogP contribution in [0.5, 0.6) is 5.75 Å². The van der Waals surface area contributed by atoms with Crippen molar-refractivity contribution < 1.29 is 18.3 Å². The molecular formula is C12H12F2N4O2. The predicted molar refractivity (Wildman–Crippen MR) is 65.9 cm³/mol. The van der Waals surface area contributed by atoms with Gasteiger partial charge in [0.05, 0.1) is 11.4 Å². The van der Waals surface area contributed by atoms with Gasteiger partial charge >= 0.3 is 6.61 Å². The van der Waals surface area contributed by atoms with Crippen LogP contribution >= 0.6 is 0 Å². The van der Waals surface area contributed by atoms with Crippen molar-refractivity contribution in [3.05, 3.63) is 35.7 Å². The number of carbonyl (C=O) groups is 1. The van der Waals surface area contributed by atoms with Crippen molar-refractivity contribution in [2.24, 2.45) is 5.73 Å². The summed E-state index contributed by atoms with van der Waals surface area (Å²) in [5.41, 5.74) is 6.43. The Morgan fingerprint density at radius 3 is 2.55 bits per heavy atom. The molecule has 0 aliphatic heterocycles. The molecule has 8 heteroatoms. The summed E-state index contributed by atoms with van der Waals surface area (Å²) in [5.74, 6) is -0.622. The molecule has 106 valence electrons. The lowest BCUT2D eigenvalue weighted by Crippen LogP contribution is -2.14. The molecule has 1 aromatic heterocycles. The smallest absolute Gasteiger partial charge is 0.387 e. The number of nitrogens with zero attached hydrogens (tertiary/aromatic N) is 3. The van der Waals surface area contributed by atoms with Gasteiger partial charge in [0.1, 0.15) is 5.75 Å². The Hall–Kier alpha value is -2.51. The van der Waals surface area contributed by atoms with E-state index >= 15 is 0 Å². The van der Waals surface area contributed by atoms with Gasteiger partial charge in [-0.15, -0.1) is 5.10 Å². The van der Waals surface area contributed by atoms with Gasteiger partial charge < -0.3 is 10.5 Å². The molecule has 0 spiro atoms. The first-order valence-electron chi connectivity index (χ1n) is 5.82. The molecule has 0 radical (unpaired) electrons. The first-order valence-corrected chi connectivity index (χ1v) is 5.82. The van der Waals surface area contributed by atoms with Gasteiger partial charge in [-0.3, -0.25) is 4.79 Å². The number of amides is 1. The summed E-state index contributed by atoms with van der Waals surface area (Å²) in [6, 6.07) is 5.84. The number of alkyl halides is 2. The SMILES string of the molecule is CCc1c(C(N)=O)nnn1-c1ccc(OC(F)F)cc1. The minimum Gasteiger partial charge on any atom is -0.435 e. The number of hydrogen-bond acceptors (Lipinski definition) is 4. The topological polar surface area (TPSA) is 83.0 Å². The van der Waals surface area contributed by atoms with Gasteiger partial charge in [-0.1, -0.05) is 12.1 Å². The minimum atomic E-state index is -2.88. The highest BCUT2D eigenvalue weighted by Gasteiger charge is 2.16. The fourth-order valence-electron chi connectivity index (χ4n) is 1.79. The molecule has 0 unspecified atom stereocenters. The van der Waals surface area contributed by atoms with Gasteiger partial charge in [-0.2, -0.15) is 8.78 Å². The van der Waals surface area contributed by atoms with E-state index < -0.39 is 12.5 Å². The van der Waals surface area contributed by atoms with E-state index in [9.17, 15) is 13.6 Å². The number of rotatable bonds is 5. The van der Waals surface area contributed by atoms with Crippen LogP contribution in [0.4, 0.5) is 8.78 Å². The molecule has 2 N–H and O–H groups in total. The number of aromatic nitrogens is 3. The zero-order valence-electron chi connectivity index (χ0n) is 10.6. The second-order valence-corrected chi connectivity index (χ2v) is 3.89. The summed E-state index contributed by atoms with van der Waals surface area (Å²) < 4.78 is 29.8. The van der Waals surface area contributed by atoms with Crippen molar-refractivity contribution in [3.8, 4) is 11.4 Å². The van der Waals surface area contributed by atoms with Crippen molar-refractivity contribution >= 4 is 5.91 Å². The van der Waals surface area contributed by atoms with Crippen molar-refractivity contribution in [2.45, 2.75) is 20.0 Å². The molecule has 2 aromatic rings. The van der Waals surface area contributed by atoms with E-state index in [1.54, 1.807) is 0 Å². The molecular weight excluding hydrogens is 270 g/mol. The van der Waals surface area contributed by atoms with Gasteiger partial charge in [0.2, 0.25) is 0 Å². The van der Waals surface area contributed by atoms with Crippen molar-refractivity contribution in [1.82, 2.24) is 15.0 Å². The largest absolute Gasteiger partial charge is 0.435 e. The first kappa shape index (κ1) is 13.9. The third kappa shape index (κ3) is 2.73. The van der Waals surface area contributed by atoms with Crippen LogP contribution in [0.3, 0.4) is 0 Å². The highest BCUT2D eigenvalue weighted by Crippen LogP contribution is 2.19. The molecule has 2 rings (SSSR count). The highest BCUT2D eigenvalue weighted by atomic mass is 19.3. The summed E-state index contributed by atoms with van der Waals surface area (Å²) >= 11 is 0. The Labute approximate surface area is 113 Å². The van der Waals surface area contributed by atoms with Crippen molar-refractivity contribution in [1.29, 1.82) is 0 Å². The van der Waals surface area contributed by atoms with Crippen LogP contribution in [0.25, 0.3) is 5.69 Å². The lowest BCUT2D eigenvalue weighted by molar-refractivity contribution is -0.0498. The normalized spacial score (nSPS) is 10.8. The number of benzene rings is 1. The van der Waals surface area contributed by atoms with Crippen molar-refractivity contribution in [2.75, 3.05) is 0 Å². The zero-order chi connectivity index (χ0) is 14.7. The number of hydrogen-bond donors (Lipinski definition) is 1. The second-order valence-electron chi connectivity index (χ2n) is 3.89. The van der Waals surface area contributed by atoms with Crippen LogP contribution in [-0.2, 0) is 6.42 Å². The van der Waals surface area contributed by atoms with Gasteiger partial charge in [0.15, 0.2) is 5.69 Å². The quantitative estimate of drug-likeness (QED) is 0.901. The Balaban J connectivity index is 2.34. The predicted octanol–water partition coefficient (Wildman–Crippen LogP) is 1.53. The maximum Gasteiger partial charge on any atom is 0.387 e. The van der Waals surface area contributed by atoms with Gasteiger partial charge in [0.25, 0.3) is 5.91 Å². The number of nitrogens with two attached hydrogens (primary N) is 1. The molecule has 0 aliphatic rings. The molecule has 20 heavy (non-hydrogen) atoms. The maximum absolute atomic E-state index is 12.1. The molecule has 0 saturated carbocycles. The molecule has 1 heterocycles. The molecule has 6 nitrogen and oxygen atoms in total. The standard InChI is InChI=1S/C12H12F2N4O2/c1-2-9-10(11(15)19)16-17-18(9)7-3-5-8(6-4-7)20-12(13)14/h3-6,12H,2H2,1H3,(H2,15,19). The van der Waals surface area contributed by atoms with E-state index in [2.05, 4.69) is 15.0 Å². The number of carbonyl (C=O) groups excluding carboxylic acids is 1. The van der Waals surface area contributed by atoms with Gasteiger partial charge in [-0.05, 0) is 30.7 Å². The van der Waals surface area contributed by atoms with Crippen LogP contribution in [0, 0.1) is 0 Å².